The number of H-pyrrole nitrogens is 1. The van der Waals surface area contributed by atoms with E-state index in [0.29, 0.717) is 17.8 Å². The normalized spacial score (nSPS) is 19.4. The molecule has 1 N–H and O–H groups in total. The molecule has 0 radical (unpaired) electrons. The molecule has 0 aliphatic carbocycles. The summed E-state index contributed by atoms with van der Waals surface area (Å²) in [6.45, 7) is 7.41. The van der Waals surface area contributed by atoms with E-state index in [2.05, 4.69) is 33.0 Å². The van der Waals surface area contributed by atoms with Crippen molar-refractivity contribution in [1.29, 1.82) is 0 Å². The molecule has 7 heteroatoms. The van der Waals surface area contributed by atoms with E-state index in [1.54, 1.807) is 12.3 Å². The summed E-state index contributed by atoms with van der Waals surface area (Å²) in [4.78, 5) is 34.7. The predicted octanol–water partition coefficient (Wildman–Crippen LogP) is 2.19. The first-order chi connectivity index (χ1) is 15.2. The molecule has 2 fully saturated rings. The topological polar surface area (TPSA) is 68.9 Å². The lowest BCUT2D eigenvalue weighted by Crippen LogP contribution is -2.47. The standard InChI is InChI=1S/C24H30N4O3/c29-22(20-14-21(25-15-20)24(30)28-6-1-2-7-28)17-27-10-8-26(9-11-27)16-18-3-4-23-19(13-18)5-12-31-23/h3-4,13-15,25H,1-2,5-12,16-17H2. The fourth-order valence-corrected chi connectivity index (χ4v) is 4.77. The number of nitrogens with one attached hydrogen (secondary N) is 1. The Morgan fingerprint density at radius 2 is 1.74 bits per heavy atom. The fourth-order valence-electron chi connectivity index (χ4n) is 4.77. The van der Waals surface area contributed by atoms with Gasteiger partial charge in [0.25, 0.3) is 5.91 Å². The Bertz CT molecular complexity index is 955. The monoisotopic (exact) mass is 422 g/mol. The van der Waals surface area contributed by atoms with Crippen molar-refractivity contribution < 1.29 is 14.3 Å². The maximum absolute atomic E-state index is 12.7. The molecule has 3 aliphatic heterocycles. The van der Waals surface area contributed by atoms with Gasteiger partial charge in [-0.25, -0.2) is 0 Å². The smallest absolute Gasteiger partial charge is 0.270 e. The zero-order chi connectivity index (χ0) is 21.2. The highest BCUT2D eigenvalue weighted by atomic mass is 16.5. The molecular weight excluding hydrogens is 392 g/mol. The number of hydrogen-bond acceptors (Lipinski definition) is 5. The number of rotatable bonds is 6. The number of ether oxygens (including phenoxy) is 1. The van der Waals surface area contributed by atoms with Crippen LogP contribution in [-0.2, 0) is 13.0 Å². The summed E-state index contributed by atoms with van der Waals surface area (Å²) in [6.07, 6.45) is 4.80. The van der Waals surface area contributed by atoms with Gasteiger partial charge in [0.05, 0.1) is 13.2 Å². The van der Waals surface area contributed by atoms with E-state index < -0.39 is 0 Å². The summed E-state index contributed by atoms with van der Waals surface area (Å²) in [7, 11) is 0. The molecule has 3 aliphatic rings. The minimum absolute atomic E-state index is 0.00304. The third-order valence-corrected chi connectivity index (χ3v) is 6.62. The van der Waals surface area contributed by atoms with Crippen LogP contribution in [0.1, 0.15) is 44.8 Å². The predicted molar refractivity (Wildman–Crippen MR) is 118 cm³/mol. The van der Waals surface area contributed by atoms with Crippen LogP contribution in [-0.4, -0.2) is 83.8 Å². The highest BCUT2D eigenvalue weighted by molar-refractivity contribution is 6.01. The van der Waals surface area contributed by atoms with E-state index in [0.717, 1.165) is 77.4 Å². The van der Waals surface area contributed by atoms with Crippen LogP contribution in [0, 0.1) is 0 Å². The molecule has 4 heterocycles. The van der Waals surface area contributed by atoms with Gasteiger partial charge in [-0.15, -0.1) is 0 Å². The quantitative estimate of drug-likeness (QED) is 0.723. The van der Waals surface area contributed by atoms with E-state index in [9.17, 15) is 9.59 Å². The maximum Gasteiger partial charge on any atom is 0.270 e. The Hall–Kier alpha value is -2.64. The number of hydrogen-bond donors (Lipinski definition) is 1. The van der Waals surface area contributed by atoms with Gasteiger partial charge in [0, 0.05) is 64.0 Å². The Balaban J connectivity index is 1.10. The van der Waals surface area contributed by atoms with Crippen LogP contribution in [0.5, 0.6) is 5.75 Å². The van der Waals surface area contributed by atoms with E-state index >= 15 is 0 Å². The fraction of sp³-hybridized carbons (Fsp3) is 0.500. The van der Waals surface area contributed by atoms with Crippen molar-refractivity contribution in [2.24, 2.45) is 0 Å². The number of Topliss-reactive ketones (excluding diaryl/α,β-unsaturated/α-hetero) is 1. The second kappa shape index (κ2) is 8.85. The number of likely N-dealkylation sites (tertiary alicyclic amines) is 1. The van der Waals surface area contributed by atoms with Crippen LogP contribution in [0.4, 0.5) is 0 Å². The molecule has 2 aromatic rings. The summed E-state index contributed by atoms with van der Waals surface area (Å²) < 4.78 is 5.60. The van der Waals surface area contributed by atoms with Crippen LogP contribution in [0.2, 0.25) is 0 Å². The molecule has 0 saturated carbocycles. The molecule has 0 bridgehead atoms. The van der Waals surface area contributed by atoms with Gasteiger partial charge in [0.2, 0.25) is 0 Å². The van der Waals surface area contributed by atoms with Gasteiger partial charge < -0.3 is 14.6 Å². The Morgan fingerprint density at radius 3 is 2.55 bits per heavy atom. The highest BCUT2D eigenvalue weighted by Crippen LogP contribution is 2.26. The lowest BCUT2D eigenvalue weighted by molar-refractivity contribution is 0.0787. The number of fused-ring (bicyclic) bond motifs is 1. The minimum Gasteiger partial charge on any atom is -0.493 e. The third kappa shape index (κ3) is 4.52. The molecular formula is C24H30N4O3. The van der Waals surface area contributed by atoms with Crippen LogP contribution in [0.25, 0.3) is 0 Å². The van der Waals surface area contributed by atoms with Crippen molar-refractivity contribution in [3.63, 3.8) is 0 Å². The van der Waals surface area contributed by atoms with E-state index in [1.165, 1.54) is 11.1 Å². The zero-order valence-electron chi connectivity index (χ0n) is 17.9. The van der Waals surface area contributed by atoms with Gasteiger partial charge >= 0.3 is 0 Å². The Kier molecular flexibility index (Phi) is 5.78. The Labute approximate surface area is 183 Å². The van der Waals surface area contributed by atoms with Crippen molar-refractivity contribution in [2.45, 2.75) is 25.8 Å². The van der Waals surface area contributed by atoms with Crippen LogP contribution in [0.15, 0.2) is 30.5 Å². The average molecular weight is 423 g/mol. The third-order valence-electron chi connectivity index (χ3n) is 6.62. The van der Waals surface area contributed by atoms with Gasteiger partial charge in [0.15, 0.2) is 5.78 Å². The summed E-state index contributed by atoms with van der Waals surface area (Å²) >= 11 is 0. The molecule has 1 amide bonds. The maximum atomic E-state index is 12.7. The lowest BCUT2D eigenvalue weighted by atomic mass is 10.1. The first kappa shape index (κ1) is 20.3. The molecule has 2 saturated heterocycles. The number of aromatic amines is 1. The molecule has 7 nitrogen and oxygen atoms in total. The average Bonchev–Trinajstić information content (AvgIpc) is 3.55. The molecule has 0 atom stereocenters. The van der Waals surface area contributed by atoms with E-state index in [-0.39, 0.29) is 11.7 Å². The lowest BCUT2D eigenvalue weighted by Gasteiger charge is -2.34. The molecule has 1 aromatic carbocycles. The zero-order valence-corrected chi connectivity index (χ0v) is 17.9. The van der Waals surface area contributed by atoms with E-state index in [4.69, 9.17) is 4.74 Å². The number of piperazine rings is 1. The van der Waals surface area contributed by atoms with Gasteiger partial charge in [-0.1, -0.05) is 12.1 Å². The second-order valence-corrected chi connectivity index (χ2v) is 8.82. The number of amides is 1. The largest absolute Gasteiger partial charge is 0.493 e. The summed E-state index contributed by atoms with van der Waals surface area (Å²) in [5.41, 5.74) is 3.77. The second-order valence-electron chi connectivity index (χ2n) is 8.82. The molecule has 164 valence electrons. The number of carbonyl (C=O) groups excluding carboxylic acids is 2. The van der Waals surface area contributed by atoms with Gasteiger partial charge in [0.1, 0.15) is 11.4 Å². The molecule has 1 aromatic heterocycles. The number of ketones is 1. The van der Waals surface area contributed by atoms with Crippen molar-refractivity contribution >= 4 is 11.7 Å². The highest BCUT2D eigenvalue weighted by Gasteiger charge is 2.24. The van der Waals surface area contributed by atoms with Gasteiger partial charge in [-0.2, -0.15) is 0 Å². The van der Waals surface area contributed by atoms with Crippen molar-refractivity contribution in [3.05, 3.63) is 52.8 Å². The molecule has 0 unspecified atom stereocenters. The summed E-state index contributed by atoms with van der Waals surface area (Å²) in [5, 5.41) is 0. The Morgan fingerprint density at radius 1 is 0.968 bits per heavy atom. The van der Waals surface area contributed by atoms with Gasteiger partial charge in [-0.05, 0) is 36.1 Å². The van der Waals surface area contributed by atoms with Crippen LogP contribution >= 0.6 is 0 Å². The number of aromatic nitrogens is 1. The summed E-state index contributed by atoms with van der Waals surface area (Å²) in [6, 6.07) is 8.24. The van der Waals surface area contributed by atoms with Crippen LogP contribution < -0.4 is 4.74 Å². The minimum atomic E-state index is 0.00304. The molecule has 5 rings (SSSR count). The van der Waals surface area contributed by atoms with E-state index in [1.807, 2.05) is 4.90 Å². The first-order valence-corrected chi connectivity index (χ1v) is 11.4. The SMILES string of the molecule is O=C(CN1CCN(Cc2ccc3c(c2)CCO3)CC1)c1c[nH]c(C(=O)N2CCCC2)c1. The van der Waals surface area contributed by atoms with Crippen molar-refractivity contribution in [1.82, 2.24) is 19.7 Å². The number of nitrogens with zero attached hydrogens (tertiary/aromatic N) is 3. The van der Waals surface area contributed by atoms with Gasteiger partial charge in [-0.3, -0.25) is 19.4 Å². The first-order valence-electron chi connectivity index (χ1n) is 11.4. The summed E-state index contributed by atoms with van der Waals surface area (Å²) in [5.74, 6) is 1.11. The van der Waals surface area contributed by atoms with Crippen LogP contribution in [0.3, 0.4) is 0 Å². The molecule has 0 spiro atoms. The number of benzene rings is 1. The van der Waals surface area contributed by atoms with Crippen molar-refractivity contribution in [2.75, 3.05) is 52.4 Å². The number of carbonyl (C=O) groups is 2. The molecule has 31 heavy (non-hydrogen) atoms. The van der Waals surface area contributed by atoms with Crippen molar-refractivity contribution in [3.8, 4) is 5.75 Å².